The molecule has 0 unspecified atom stereocenters. The van der Waals surface area contributed by atoms with Gasteiger partial charge in [0.1, 0.15) is 17.3 Å². The number of hydrogen-bond donors (Lipinski definition) is 1. The zero-order valence-electron chi connectivity index (χ0n) is 13.0. The fourth-order valence-corrected chi connectivity index (χ4v) is 1.98. The van der Waals surface area contributed by atoms with E-state index >= 15 is 0 Å². The van der Waals surface area contributed by atoms with Crippen LogP contribution < -0.4 is 9.47 Å². The van der Waals surface area contributed by atoms with Gasteiger partial charge < -0.3 is 14.6 Å². The van der Waals surface area contributed by atoms with E-state index in [9.17, 15) is 9.90 Å². The van der Waals surface area contributed by atoms with E-state index in [0.717, 1.165) is 5.56 Å². The minimum Gasteiger partial charge on any atom is -0.507 e. The van der Waals surface area contributed by atoms with Gasteiger partial charge in [0.05, 0.1) is 14.2 Å². The molecule has 118 valence electrons. The highest BCUT2D eigenvalue weighted by molar-refractivity contribution is 6.05. The quantitative estimate of drug-likeness (QED) is 0.650. The van der Waals surface area contributed by atoms with Crippen LogP contribution in [0.3, 0.4) is 0 Å². The van der Waals surface area contributed by atoms with Crippen molar-refractivity contribution in [1.29, 1.82) is 0 Å². The van der Waals surface area contributed by atoms with Crippen LogP contribution in [-0.4, -0.2) is 25.1 Å². The topological polar surface area (TPSA) is 55.8 Å². The van der Waals surface area contributed by atoms with E-state index in [1.165, 1.54) is 12.2 Å². The van der Waals surface area contributed by atoms with Crippen LogP contribution in [0.2, 0.25) is 0 Å². The van der Waals surface area contributed by atoms with Gasteiger partial charge in [0, 0.05) is 17.7 Å². The van der Waals surface area contributed by atoms with Crippen LogP contribution in [0.1, 0.15) is 11.1 Å². The number of allylic oxidation sites excluding steroid dienone is 2. The molecule has 0 aliphatic rings. The third kappa shape index (κ3) is 4.74. The Morgan fingerprint density at radius 3 is 2.17 bits per heavy atom. The zero-order valence-corrected chi connectivity index (χ0v) is 13.0. The summed E-state index contributed by atoms with van der Waals surface area (Å²) in [4.78, 5) is 11.9. The Hall–Kier alpha value is -3.01. The molecule has 2 aromatic carbocycles. The molecule has 0 radical (unpaired) electrons. The largest absolute Gasteiger partial charge is 0.507 e. The number of ketones is 1. The van der Waals surface area contributed by atoms with Gasteiger partial charge in [-0.25, -0.2) is 0 Å². The van der Waals surface area contributed by atoms with Crippen LogP contribution in [0.4, 0.5) is 0 Å². The predicted octanol–water partition coefficient (Wildman–Crippen LogP) is 3.89. The van der Waals surface area contributed by atoms with Gasteiger partial charge in [0.2, 0.25) is 0 Å². The van der Waals surface area contributed by atoms with E-state index in [-0.39, 0.29) is 11.5 Å². The summed E-state index contributed by atoms with van der Waals surface area (Å²) in [6.45, 7) is 0. The van der Waals surface area contributed by atoms with E-state index < -0.39 is 0 Å². The number of carbonyl (C=O) groups is 1. The molecule has 2 aromatic rings. The van der Waals surface area contributed by atoms with E-state index in [1.54, 1.807) is 62.8 Å². The van der Waals surface area contributed by atoms with Crippen molar-refractivity contribution in [2.45, 2.75) is 0 Å². The number of benzene rings is 2. The Morgan fingerprint density at radius 2 is 1.61 bits per heavy atom. The number of rotatable bonds is 6. The fourth-order valence-electron chi connectivity index (χ4n) is 1.98. The maximum Gasteiger partial charge on any atom is 0.182 e. The zero-order chi connectivity index (χ0) is 16.7. The van der Waals surface area contributed by atoms with Crippen molar-refractivity contribution >= 4 is 17.6 Å². The Bertz CT molecular complexity index is 708. The average molecular weight is 310 g/mol. The number of aliphatic hydroxyl groups excluding tert-OH is 1. The molecule has 0 aromatic heterocycles. The van der Waals surface area contributed by atoms with Crippen LogP contribution in [-0.2, 0) is 4.79 Å². The Balaban J connectivity index is 2.15. The highest BCUT2D eigenvalue weighted by atomic mass is 16.5. The first-order valence-corrected chi connectivity index (χ1v) is 7.03. The molecular formula is C19H18O4. The first-order valence-electron chi connectivity index (χ1n) is 7.03. The van der Waals surface area contributed by atoms with Crippen LogP contribution >= 0.6 is 0 Å². The first-order chi connectivity index (χ1) is 11.1. The molecule has 1 N–H and O–H groups in total. The maximum atomic E-state index is 11.9. The van der Waals surface area contributed by atoms with Crippen molar-refractivity contribution in [1.82, 2.24) is 0 Å². The summed E-state index contributed by atoms with van der Waals surface area (Å²) in [5.74, 6) is 0.898. The number of ether oxygens (including phenoxy) is 2. The van der Waals surface area contributed by atoms with Crippen molar-refractivity contribution in [3.05, 3.63) is 71.8 Å². The van der Waals surface area contributed by atoms with E-state index in [4.69, 9.17) is 9.47 Å². The molecule has 0 saturated carbocycles. The Kier molecular flexibility index (Phi) is 5.58. The molecule has 0 aliphatic heterocycles. The number of hydrogen-bond acceptors (Lipinski definition) is 4. The molecule has 23 heavy (non-hydrogen) atoms. The van der Waals surface area contributed by atoms with Crippen LogP contribution in [0.25, 0.3) is 11.8 Å². The van der Waals surface area contributed by atoms with Crippen molar-refractivity contribution in [2.75, 3.05) is 14.2 Å². The standard InChI is InChI=1S/C19H18O4/c1-22-17-10-14(11-18(13-17)23-2)8-9-16(20)12-19(21)15-6-4-3-5-7-15/h3-13,21H,1-2H3/b9-8+,19-12?. The summed E-state index contributed by atoms with van der Waals surface area (Å²) in [6.07, 6.45) is 4.21. The van der Waals surface area contributed by atoms with Gasteiger partial charge in [-0.15, -0.1) is 0 Å². The minimum atomic E-state index is -0.312. The van der Waals surface area contributed by atoms with Gasteiger partial charge in [-0.05, 0) is 23.8 Å². The monoisotopic (exact) mass is 310 g/mol. The Morgan fingerprint density at radius 1 is 1.00 bits per heavy atom. The lowest BCUT2D eigenvalue weighted by atomic mass is 10.1. The summed E-state index contributed by atoms with van der Waals surface area (Å²) in [5.41, 5.74) is 1.36. The SMILES string of the molecule is COc1cc(/C=C/C(=O)C=C(O)c2ccccc2)cc(OC)c1. The number of aliphatic hydroxyl groups is 1. The van der Waals surface area contributed by atoms with Crippen molar-refractivity contribution in [3.8, 4) is 11.5 Å². The molecule has 2 rings (SSSR count). The fraction of sp³-hybridized carbons (Fsp3) is 0.105. The first kappa shape index (κ1) is 16.4. The molecule has 0 amide bonds. The molecule has 0 bridgehead atoms. The lowest BCUT2D eigenvalue weighted by Gasteiger charge is -2.05. The Labute approximate surface area is 135 Å². The molecule has 0 spiro atoms. The van der Waals surface area contributed by atoms with E-state index in [2.05, 4.69) is 0 Å². The number of carbonyl (C=O) groups excluding carboxylic acids is 1. The molecule has 0 heterocycles. The predicted molar refractivity (Wildman–Crippen MR) is 90.6 cm³/mol. The molecule has 4 heteroatoms. The molecule has 0 fully saturated rings. The smallest absolute Gasteiger partial charge is 0.182 e. The van der Waals surface area contributed by atoms with Crippen LogP contribution in [0.15, 0.2) is 60.7 Å². The summed E-state index contributed by atoms with van der Waals surface area (Å²) < 4.78 is 10.4. The molecule has 4 nitrogen and oxygen atoms in total. The lowest BCUT2D eigenvalue weighted by Crippen LogP contribution is -1.91. The summed E-state index contributed by atoms with van der Waals surface area (Å²) in [7, 11) is 3.13. The van der Waals surface area contributed by atoms with Crippen LogP contribution in [0.5, 0.6) is 11.5 Å². The second-order valence-corrected chi connectivity index (χ2v) is 4.78. The second-order valence-electron chi connectivity index (χ2n) is 4.78. The maximum absolute atomic E-state index is 11.9. The average Bonchev–Trinajstić information content (AvgIpc) is 2.60. The molecule has 0 atom stereocenters. The summed E-state index contributed by atoms with van der Waals surface area (Å²) in [6, 6.07) is 14.2. The van der Waals surface area contributed by atoms with Gasteiger partial charge >= 0.3 is 0 Å². The second kappa shape index (κ2) is 7.84. The van der Waals surface area contributed by atoms with E-state index in [1.807, 2.05) is 6.07 Å². The van der Waals surface area contributed by atoms with Crippen molar-refractivity contribution in [2.24, 2.45) is 0 Å². The molecule has 0 aliphatic carbocycles. The van der Waals surface area contributed by atoms with Crippen molar-refractivity contribution < 1.29 is 19.4 Å². The normalized spacial score (nSPS) is 11.5. The van der Waals surface area contributed by atoms with Gasteiger partial charge in [-0.1, -0.05) is 36.4 Å². The van der Waals surface area contributed by atoms with Gasteiger partial charge in [0.25, 0.3) is 0 Å². The van der Waals surface area contributed by atoms with Crippen molar-refractivity contribution in [3.63, 3.8) is 0 Å². The van der Waals surface area contributed by atoms with Gasteiger partial charge in [-0.3, -0.25) is 4.79 Å². The van der Waals surface area contributed by atoms with Crippen LogP contribution in [0, 0.1) is 0 Å². The lowest BCUT2D eigenvalue weighted by molar-refractivity contribution is -0.110. The molecule has 0 saturated heterocycles. The third-order valence-corrected chi connectivity index (χ3v) is 3.16. The number of methoxy groups -OCH3 is 2. The van der Waals surface area contributed by atoms with E-state index in [0.29, 0.717) is 17.1 Å². The third-order valence-electron chi connectivity index (χ3n) is 3.16. The highest BCUT2D eigenvalue weighted by Crippen LogP contribution is 2.23. The summed E-state index contributed by atoms with van der Waals surface area (Å²) >= 11 is 0. The minimum absolute atomic E-state index is 0.0662. The molecular weight excluding hydrogens is 292 g/mol. The van der Waals surface area contributed by atoms with Gasteiger partial charge in [-0.2, -0.15) is 0 Å². The van der Waals surface area contributed by atoms with Gasteiger partial charge in [0.15, 0.2) is 5.78 Å². The highest BCUT2D eigenvalue weighted by Gasteiger charge is 2.02. The summed E-state index contributed by atoms with van der Waals surface area (Å²) in [5, 5.41) is 9.92.